The maximum Gasteiger partial charge on any atom is 0.305 e. The third kappa shape index (κ3) is 55.9. The molecule has 0 rings (SSSR count). The number of hydrogen-bond donors (Lipinski definition) is 3. The number of carbonyl (C=O) groups is 2. The van der Waals surface area contributed by atoms with Crippen molar-refractivity contribution < 1.29 is 24.5 Å². The molecule has 70 heavy (non-hydrogen) atoms. The fourth-order valence-electron chi connectivity index (χ4n) is 10.2. The van der Waals surface area contributed by atoms with Crippen LogP contribution in [0.3, 0.4) is 0 Å². The van der Waals surface area contributed by atoms with Crippen LogP contribution in [-0.4, -0.2) is 47.4 Å². The van der Waals surface area contributed by atoms with Gasteiger partial charge in [-0.15, -0.1) is 0 Å². The van der Waals surface area contributed by atoms with Gasteiger partial charge in [0.1, 0.15) is 0 Å². The second kappa shape index (κ2) is 60.2. The maximum absolute atomic E-state index is 12.5. The van der Waals surface area contributed by atoms with Gasteiger partial charge in [-0.3, -0.25) is 9.59 Å². The van der Waals surface area contributed by atoms with E-state index in [-0.39, 0.29) is 18.5 Å². The molecule has 6 nitrogen and oxygen atoms in total. The third-order valence-corrected chi connectivity index (χ3v) is 15.1. The lowest BCUT2D eigenvalue weighted by Crippen LogP contribution is -2.45. The van der Waals surface area contributed by atoms with Crippen LogP contribution in [0.2, 0.25) is 0 Å². The van der Waals surface area contributed by atoms with Gasteiger partial charge in [-0.1, -0.05) is 309 Å². The van der Waals surface area contributed by atoms with Crippen LogP contribution in [0.1, 0.15) is 361 Å². The van der Waals surface area contributed by atoms with Crippen LogP contribution in [0.25, 0.3) is 0 Å². The van der Waals surface area contributed by atoms with Crippen molar-refractivity contribution in [1.29, 1.82) is 0 Å². The van der Waals surface area contributed by atoms with E-state index in [1.807, 2.05) is 0 Å². The van der Waals surface area contributed by atoms with Crippen molar-refractivity contribution in [1.82, 2.24) is 5.32 Å². The zero-order valence-corrected chi connectivity index (χ0v) is 47.5. The highest BCUT2D eigenvalue weighted by Gasteiger charge is 2.20. The first-order chi connectivity index (χ1) is 34.5. The lowest BCUT2D eigenvalue weighted by atomic mass is 10.0. The zero-order chi connectivity index (χ0) is 50.7. The summed E-state index contributed by atoms with van der Waals surface area (Å²) in [5.41, 5.74) is 0. The summed E-state index contributed by atoms with van der Waals surface area (Å²) in [4.78, 5) is 24.6. The Labute approximate surface area is 438 Å². The Morgan fingerprint density at radius 2 is 0.671 bits per heavy atom. The molecule has 0 saturated carbocycles. The number of ether oxygens (including phenoxy) is 1. The van der Waals surface area contributed by atoms with Crippen molar-refractivity contribution in [2.24, 2.45) is 0 Å². The first-order valence-electron chi connectivity index (χ1n) is 31.9. The van der Waals surface area contributed by atoms with Crippen LogP contribution in [0.4, 0.5) is 0 Å². The number of allylic oxidation sites excluding steroid dienone is 2. The molecule has 0 bridgehead atoms. The minimum Gasteiger partial charge on any atom is -0.466 e. The second-order valence-corrected chi connectivity index (χ2v) is 22.1. The van der Waals surface area contributed by atoms with E-state index >= 15 is 0 Å². The first kappa shape index (κ1) is 68.6. The Bertz CT molecular complexity index is 1050. The minimum atomic E-state index is -0.669. The molecule has 0 heterocycles. The Balaban J connectivity index is 3.40. The van der Waals surface area contributed by atoms with E-state index in [2.05, 4.69) is 31.3 Å². The molecular formula is C64H125NO5. The quantitative estimate of drug-likeness (QED) is 0.0321. The summed E-state index contributed by atoms with van der Waals surface area (Å²) in [6.07, 6.45) is 72.2. The smallest absolute Gasteiger partial charge is 0.305 e. The van der Waals surface area contributed by atoms with Crippen molar-refractivity contribution in [2.45, 2.75) is 373 Å². The van der Waals surface area contributed by atoms with Crippen molar-refractivity contribution in [3.05, 3.63) is 12.2 Å². The SMILES string of the molecule is CCCCCCCCCCCCCCCCCCCCC(=O)OCCCCCCCCCCC/C=C\CCCCCCCCCC(=O)NC(CO)C(O)CCCCCCCCCCCCCCCCC. The minimum absolute atomic E-state index is 0.0115. The van der Waals surface area contributed by atoms with E-state index in [1.54, 1.807) is 0 Å². The molecule has 6 heteroatoms. The van der Waals surface area contributed by atoms with E-state index < -0.39 is 12.1 Å². The molecule has 0 aromatic rings. The molecule has 0 aliphatic rings. The number of rotatable bonds is 60. The number of esters is 1. The van der Waals surface area contributed by atoms with Gasteiger partial charge in [0.05, 0.1) is 25.4 Å². The van der Waals surface area contributed by atoms with Gasteiger partial charge in [0.2, 0.25) is 5.91 Å². The highest BCUT2D eigenvalue weighted by Crippen LogP contribution is 2.18. The molecule has 0 aliphatic heterocycles. The number of hydrogen-bond acceptors (Lipinski definition) is 5. The molecule has 3 N–H and O–H groups in total. The van der Waals surface area contributed by atoms with Crippen LogP contribution in [0.15, 0.2) is 12.2 Å². The molecule has 1 amide bonds. The fourth-order valence-corrected chi connectivity index (χ4v) is 10.2. The van der Waals surface area contributed by atoms with Gasteiger partial charge in [0, 0.05) is 12.8 Å². The van der Waals surface area contributed by atoms with Crippen LogP contribution in [0.5, 0.6) is 0 Å². The van der Waals surface area contributed by atoms with Crippen molar-refractivity contribution >= 4 is 11.9 Å². The topological polar surface area (TPSA) is 95.9 Å². The highest BCUT2D eigenvalue weighted by molar-refractivity contribution is 5.76. The monoisotopic (exact) mass is 988 g/mol. The molecule has 0 spiro atoms. The van der Waals surface area contributed by atoms with Gasteiger partial charge in [-0.2, -0.15) is 0 Å². The molecule has 0 aromatic heterocycles. The maximum atomic E-state index is 12.5. The van der Waals surface area contributed by atoms with Gasteiger partial charge in [-0.25, -0.2) is 0 Å². The fraction of sp³-hybridized carbons (Fsp3) is 0.938. The average Bonchev–Trinajstić information content (AvgIpc) is 3.36. The van der Waals surface area contributed by atoms with Crippen molar-refractivity contribution in [3.8, 4) is 0 Å². The molecule has 0 fully saturated rings. The van der Waals surface area contributed by atoms with E-state index in [9.17, 15) is 19.8 Å². The summed E-state index contributed by atoms with van der Waals surface area (Å²) in [7, 11) is 0. The van der Waals surface area contributed by atoms with Gasteiger partial charge in [-0.05, 0) is 51.4 Å². The van der Waals surface area contributed by atoms with Crippen LogP contribution < -0.4 is 5.32 Å². The Hall–Kier alpha value is -1.40. The number of nitrogens with one attached hydrogen (secondary N) is 1. The summed E-state index contributed by atoms with van der Waals surface area (Å²) in [5, 5.41) is 23.3. The highest BCUT2D eigenvalue weighted by atomic mass is 16.5. The summed E-state index contributed by atoms with van der Waals surface area (Å²) in [6.45, 7) is 4.98. The summed E-state index contributed by atoms with van der Waals surface area (Å²) >= 11 is 0. The molecule has 416 valence electrons. The van der Waals surface area contributed by atoms with Crippen LogP contribution >= 0.6 is 0 Å². The van der Waals surface area contributed by atoms with Gasteiger partial charge in [0.15, 0.2) is 0 Å². The Morgan fingerprint density at radius 1 is 0.386 bits per heavy atom. The van der Waals surface area contributed by atoms with E-state index in [0.29, 0.717) is 25.9 Å². The number of amides is 1. The molecular weight excluding hydrogens is 863 g/mol. The molecule has 0 aromatic carbocycles. The third-order valence-electron chi connectivity index (χ3n) is 15.1. The zero-order valence-electron chi connectivity index (χ0n) is 47.5. The normalized spacial score (nSPS) is 12.6. The largest absolute Gasteiger partial charge is 0.466 e. The van der Waals surface area contributed by atoms with E-state index in [4.69, 9.17) is 4.74 Å². The Morgan fingerprint density at radius 3 is 1.01 bits per heavy atom. The summed E-state index contributed by atoms with van der Waals surface area (Å²) < 4.78 is 5.50. The summed E-state index contributed by atoms with van der Waals surface area (Å²) in [6, 6.07) is -0.547. The predicted octanol–water partition coefficient (Wildman–Crippen LogP) is 20.0. The van der Waals surface area contributed by atoms with E-state index in [0.717, 1.165) is 38.5 Å². The number of carbonyl (C=O) groups excluding carboxylic acids is 2. The van der Waals surface area contributed by atoms with Crippen LogP contribution in [-0.2, 0) is 14.3 Å². The second-order valence-electron chi connectivity index (χ2n) is 22.1. The molecule has 0 radical (unpaired) electrons. The molecule has 2 atom stereocenters. The number of aliphatic hydroxyl groups is 2. The lowest BCUT2D eigenvalue weighted by molar-refractivity contribution is -0.143. The van der Waals surface area contributed by atoms with E-state index in [1.165, 1.54) is 289 Å². The standard InChI is InChI=1S/C64H125NO5/c1-3-5-7-9-11-13-15-17-19-20-26-30-34-38-42-46-50-54-58-64(69)70-59-55-51-47-43-39-35-31-27-24-22-21-23-25-29-33-37-41-45-49-53-57-63(68)65-61(60-66)62(67)56-52-48-44-40-36-32-28-18-16-14-12-10-8-6-4-2/h21,23,61-62,66-67H,3-20,22,24-60H2,1-2H3,(H,65,68)/b23-21-. The van der Waals surface area contributed by atoms with Gasteiger partial charge >= 0.3 is 5.97 Å². The van der Waals surface area contributed by atoms with Crippen molar-refractivity contribution in [3.63, 3.8) is 0 Å². The first-order valence-corrected chi connectivity index (χ1v) is 31.9. The van der Waals surface area contributed by atoms with Crippen LogP contribution in [0, 0.1) is 0 Å². The van der Waals surface area contributed by atoms with Gasteiger partial charge < -0.3 is 20.3 Å². The molecule has 2 unspecified atom stereocenters. The number of aliphatic hydroxyl groups excluding tert-OH is 2. The Kier molecular flexibility index (Phi) is 59.0. The molecule has 0 saturated heterocycles. The van der Waals surface area contributed by atoms with Crippen molar-refractivity contribution in [2.75, 3.05) is 13.2 Å². The molecule has 0 aliphatic carbocycles. The lowest BCUT2D eigenvalue weighted by Gasteiger charge is -2.22. The number of unbranched alkanes of at least 4 members (excludes halogenated alkanes) is 47. The predicted molar refractivity (Wildman–Crippen MR) is 306 cm³/mol. The average molecular weight is 989 g/mol. The summed E-state index contributed by atoms with van der Waals surface area (Å²) in [5.74, 6) is -0.0296. The van der Waals surface area contributed by atoms with Gasteiger partial charge in [0.25, 0.3) is 0 Å².